The van der Waals surface area contributed by atoms with Crippen molar-refractivity contribution < 1.29 is 27.0 Å². The van der Waals surface area contributed by atoms with Crippen molar-refractivity contribution in [3.8, 4) is 17.2 Å². The largest absolute Gasteiger partial charge is 0.438 e. The van der Waals surface area contributed by atoms with Crippen molar-refractivity contribution >= 4 is 26.5 Å². The van der Waals surface area contributed by atoms with Gasteiger partial charge in [-0.15, -0.1) is 0 Å². The van der Waals surface area contributed by atoms with Gasteiger partial charge in [0.25, 0.3) is 5.91 Å². The van der Waals surface area contributed by atoms with Gasteiger partial charge in [0.2, 0.25) is 0 Å². The van der Waals surface area contributed by atoms with Crippen molar-refractivity contribution in [3.05, 3.63) is 139 Å². The number of halogens is 2. The summed E-state index contributed by atoms with van der Waals surface area (Å²) in [6.45, 7) is 14.1. The fourth-order valence-corrected chi connectivity index (χ4v) is 12.1. The molecule has 5 atom stereocenters. The first-order chi connectivity index (χ1) is 31.9. The summed E-state index contributed by atoms with van der Waals surface area (Å²) >= 11 is 0. The minimum absolute atomic E-state index is 0.0152. The SMILES string of the molecule is CCS(=O)(=NC)c1ccc(-n2ccn(-c3c4c(nn3-c3cc(C)c(F)c(C)c3)CCN(C(=O)c3cc5cc(C6CCOC(C)(C)C6)ccc5n3[C@@]3(c5noc(=O)[nH]5)C[C@@H]3C)[C@H]4C)c2=O)c(F)c1. The van der Waals surface area contributed by atoms with E-state index in [-0.39, 0.29) is 52.0 Å². The molecule has 0 spiro atoms. The Kier molecular flexibility index (Phi) is 10.5. The third-order valence-electron chi connectivity index (χ3n) is 14.3. The normalized spacial score (nSPS) is 22.2. The van der Waals surface area contributed by atoms with E-state index in [0.717, 1.165) is 39.9 Å². The predicted octanol–water partition coefficient (Wildman–Crippen LogP) is 8.03. The molecular weight excluding hydrogens is 881 g/mol. The number of nitrogens with one attached hydrogen (secondary N) is 1. The van der Waals surface area contributed by atoms with Crippen LogP contribution in [-0.4, -0.2) is 80.2 Å². The number of amides is 1. The van der Waals surface area contributed by atoms with Gasteiger partial charge in [-0.3, -0.25) is 23.4 Å². The number of ether oxygens (including phenoxy) is 1. The minimum Gasteiger partial charge on any atom is -0.376 e. The molecule has 1 N–H and O–H groups in total. The molecule has 2 fully saturated rings. The maximum absolute atomic E-state index is 16.0. The Hall–Kier alpha value is -6.40. The highest BCUT2D eigenvalue weighted by Gasteiger charge is 2.59. The Bertz CT molecular complexity index is 3400. The topological polar surface area (TPSA) is 168 Å². The van der Waals surface area contributed by atoms with Crippen LogP contribution in [0.4, 0.5) is 8.78 Å². The summed E-state index contributed by atoms with van der Waals surface area (Å²) in [6.07, 6.45) is 5.59. The van der Waals surface area contributed by atoms with Crippen LogP contribution in [0.25, 0.3) is 28.1 Å². The van der Waals surface area contributed by atoms with Gasteiger partial charge in [0.05, 0.1) is 43.3 Å². The maximum Gasteiger partial charge on any atom is 0.438 e. The Labute approximate surface area is 385 Å². The summed E-state index contributed by atoms with van der Waals surface area (Å²) in [4.78, 5) is 47.4. The Morgan fingerprint density at radius 3 is 2.37 bits per heavy atom. The van der Waals surface area contributed by atoms with E-state index in [1.165, 1.54) is 36.1 Å². The van der Waals surface area contributed by atoms with Gasteiger partial charge in [-0.2, -0.15) is 5.10 Å². The Morgan fingerprint density at radius 2 is 1.73 bits per heavy atom. The van der Waals surface area contributed by atoms with E-state index in [1.807, 2.05) is 17.6 Å². The van der Waals surface area contributed by atoms with Gasteiger partial charge in [0, 0.05) is 61.2 Å². The number of nitrogens with zero attached hydrogens (tertiary/aromatic N) is 8. The van der Waals surface area contributed by atoms with Crippen molar-refractivity contribution in [3.63, 3.8) is 0 Å². The second-order valence-electron chi connectivity index (χ2n) is 18.9. The fraction of sp³-hybridized carbons (Fsp3) is 0.408. The third-order valence-corrected chi connectivity index (χ3v) is 16.7. The molecule has 1 saturated heterocycles. The van der Waals surface area contributed by atoms with Gasteiger partial charge in [0.15, 0.2) is 5.82 Å². The highest BCUT2D eigenvalue weighted by atomic mass is 32.2. The molecule has 2 aliphatic heterocycles. The minimum atomic E-state index is -2.85. The number of aromatic amines is 1. The number of hydrogen-bond donors (Lipinski definition) is 1. The van der Waals surface area contributed by atoms with Crippen LogP contribution in [0.3, 0.4) is 0 Å². The van der Waals surface area contributed by atoms with Crippen molar-refractivity contribution in [2.75, 3.05) is 26.0 Å². The molecule has 3 aliphatic rings. The molecule has 18 heteroatoms. The lowest BCUT2D eigenvalue weighted by Gasteiger charge is -2.35. The second kappa shape index (κ2) is 15.9. The number of fused-ring (bicyclic) bond motifs is 2. The second-order valence-corrected chi connectivity index (χ2v) is 21.6. The average Bonchev–Trinajstić information content (AvgIpc) is 3.79. The first kappa shape index (κ1) is 44.4. The van der Waals surface area contributed by atoms with Gasteiger partial charge < -0.3 is 14.2 Å². The van der Waals surface area contributed by atoms with Crippen LogP contribution in [-0.2, 0) is 26.4 Å². The number of imidazole rings is 1. The van der Waals surface area contributed by atoms with E-state index in [2.05, 4.69) is 53.5 Å². The Morgan fingerprint density at radius 1 is 1.00 bits per heavy atom. The summed E-state index contributed by atoms with van der Waals surface area (Å²) in [5, 5.41) is 10.1. The van der Waals surface area contributed by atoms with Gasteiger partial charge in [-0.05, 0) is 131 Å². The first-order valence-electron chi connectivity index (χ1n) is 22.7. The number of hydrogen-bond acceptors (Lipinski definition) is 9. The molecule has 1 saturated carbocycles. The number of carbonyl (C=O) groups excluding carboxylic acids is 1. The molecule has 3 aromatic carbocycles. The van der Waals surface area contributed by atoms with Crippen LogP contribution in [0.5, 0.6) is 0 Å². The Balaban J connectivity index is 1.11. The summed E-state index contributed by atoms with van der Waals surface area (Å²) < 4.78 is 65.7. The van der Waals surface area contributed by atoms with E-state index < -0.39 is 38.6 Å². The molecule has 4 aromatic heterocycles. The van der Waals surface area contributed by atoms with E-state index in [1.54, 1.807) is 42.5 Å². The number of H-pyrrole nitrogens is 1. The smallest absolute Gasteiger partial charge is 0.376 e. The van der Waals surface area contributed by atoms with Gasteiger partial charge in [0.1, 0.15) is 28.7 Å². The van der Waals surface area contributed by atoms with E-state index in [0.29, 0.717) is 64.9 Å². The molecule has 6 heterocycles. The molecule has 1 amide bonds. The summed E-state index contributed by atoms with van der Waals surface area (Å²) in [5.41, 5.74) is 2.98. The van der Waals surface area contributed by atoms with Crippen LogP contribution in [0.15, 0.2) is 90.4 Å². The molecule has 0 bridgehead atoms. The zero-order valence-corrected chi connectivity index (χ0v) is 39.5. The zero-order chi connectivity index (χ0) is 47.5. The molecule has 1 aliphatic carbocycles. The number of rotatable bonds is 9. The van der Waals surface area contributed by atoms with Crippen LogP contribution in [0, 0.1) is 31.4 Å². The molecule has 7 aromatic rings. The van der Waals surface area contributed by atoms with E-state index >= 15 is 13.6 Å². The highest BCUT2D eigenvalue weighted by Crippen LogP contribution is 2.56. The van der Waals surface area contributed by atoms with Gasteiger partial charge >= 0.3 is 11.4 Å². The predicted molar refractivity (Wildman–Crippen MR) is 248 cm³/mol. The fourth-order valence-electron chi connectivity index (χ4n) is 10.7. The van der Waals surface area contributed by atoms with Crippen molar-refractivity contribution in [1.82, 2.24) is 38.5 Å². The number of aryl methyl sites for hydroxylation is 2. The summed E-state index contributed by atoms with van der Waals surface area (Å²) in [5.74, 6) is -1.02. The lowest BCUT2D eigenvalue weighted by Crippen LogP contribution is -2.41. The van der Waals surface area contributed by atoms with Crippen molar-refractivity contribution in [1.29, 1.82) is 0 Å². The van der Waals surface area contributed by atoms with E-state index in [9.17, 15) is 13.8 Å². The molecule has 350 valence electrons. The third kappa shape index (κ3) is 7.04. The monoisotopic (exact) mass is 933 g/mol. The maximum atomic E-state index is 16.0. The van der Waals surface area contributed by atoms with Gasteiger partial charge in [-0.1, -0.05) is 25.1 Å². The molecule has 2 unspecified atom stereocenters. The molecule has 0 radical (unpaired) electrons. The summed E-state index contributed by atoms with van der Waals surface area (Å²) in [7, 11) is -1.42. The highest BCUT2D eigenvalue weighted by molar-refractivity contribution is 7.93. The quantitative estimate of drug-likeness (QED) is 0.152. The van der Waals surface area contributed by atoms with Crippen LogP contribution < -0.4 is 11.4 Å². The number of carbonyl (C=O) groups is 1. The van der Waals surface area contributed by atoms with Crippen molar-refractivity contribution in [2.45, 2.75) is 102 Å². The van der Waals surface area contributed by atoms with Gasteiger partial charge in [-0.25, -0.2) is 31.6 Å². The molecular formula is C49H53F2N9O6S. The van der Waals surface area contributed by atoms with Crippen LogP contribution >= 0.6 is 0 Å². The van der Waals surface area contributed by atoms with Crippen LogP contribution in [0.2, 0.25) is 0 Å². The summed E-state index contributed by atoms with van der Waals surface area (Å²) in [6, 6.07) is 15.0. The number of benzene rings is 3. The molecule has 15 nitrogen and oxygen atoms in total. The van der Waals surface area contributed by atoms with E-state index in [4.69, 9.17) is 14.4 Å². The van der Waals surface area contributed by atoms with Crippen LogP contribution in [0.1, 0.15) is 110 Å². The lowest BCUT2D eigenvalue weighted by atomic mass is 9.83. The standard InChI is InChI=1S/C49H53F2N9O6S/c1-9-67(64,52-8)35-11-13-39(36(50)24-35)57-17-18-58(47(57)63)43-41-30(5)56(16-14-37(41)54-60(43)34-20-27(2)42(51)28(3)21-34)44(61)40-23-33-22-31(32-15-19-65-48(6,7)26-32)10-12-38(33)59(40)49(25-29(49)4)45-53-46(62)66-55-45/h10-13,17-18,20-24,29-30,32H,9,14-16,19,25-26H2,1-8H3,(H,53,55,62)/t29-,30-,32?,49-,67?/m0/s1. The molecule has 10 rings (SSSR count). The average molecular weight is 934 g/mol. The lowest BCUT2D eigenvalue weighted by molar-refractivity contribution is -0.0592. The molecule has 67 heavy (non-hydrogen) atoms. The zero-order valence-electron chi connectivity index (χ0n) is 38.7. The van der Waals surface area contributed by atoms with Crippen molar-refractivity contribution in [2.24, 2.45) is 10.3 Å². The first-order valence-corrected chi connectivity index (χ1v) is 24.4. The number of aromatic nitrogens is 7.